The van der Waals surface area contributed by atoms with E-state index in [-0.39, 0.29) is 29.6 Å². The summed E-state index contributed by atoms with van der Waals surface area (Å²) >= 11 is 0. The van der Waals surface area contributed by atoms with Gasteiger partial charge in [0.1, 0.15) is 16.4 Å². The van der Waals surface area contributed by atoms with Gasteiger partial charge in [0.25, 0.3) is 5.91 Å². The summed E-state index contributed by atoms with van der Waals surface area (Å²) in [5.74, 6) is -0.333. The second kappa shape index (κ2) is 13.1. The molecule has 10 heteroatoms. The van der Waals surface area contributed by atoms with Crippen molar-refractivity contribution in [1.82, 2.24) is 9.62 Å². The van der Waals surface area contributed by atoms with E-state index in [1.54, 1.807) is 55.5 Å². The van der Waals surface area contributed by atoms with Gasteiger partial charge in [0.2, 0.25) is 15.9 Å². The normalized spacial score (nSPS) is 14.5. The number of aryl methyl sites for hydroxylation is 1. The fraction of sp³-hybridized carbons (Fsp3) is 0.212. The van der Waals surface area contributed by atoms with Crippen molar-refractivity contribution in [1.29, 1.82) is 0 Å². The minimum Gasteiger partial charge on any atom is -0.495 e. The van der Waals surface area contributed by atoms with Gasteiger partial charge in [-0.3, -0.25) is 9.59 Å². The number of hydrogen-bond acceptors (Lipinski definition) is 6. The van der Waals surface area contributed by atoms with Crippen molar-refractivity contribution in [3.63, 3.8) is 0 Å². The summed E-state index contributed by atoms with van der Waals surface area (Å²) < 4.78 is 40.7. The van der Waals surface area contributed by atoms with Crippen LogP contribution in [-0.4, -0.2) is 50.8 Å². The number of carbonyl (C=O) groups is 2. The molecule has 0 saturated heterocycles. The number of methoxy groups -OCH3 is 1. The zero-order valence-corrected chi connectivity index (χ0v) is 24.8. The van der Waals surface area contributed by atoms with Crippen molar-refractivity contribution in [2.24, 2.45) is 0 Å². The van der Waals surface area contributed by atoms with Crippen LogP contribution in [0.5, 0.6) is 11.5 Å². The summed E-state index contributed by atoms with van der Waals surface area (Å²) in [5.41, 5.74) is 2.83. The summed E-state index contributed by atoms with van der Waals surface area (Å²) in [6, 6.07) is 30.3. The number of rotatable bonds is 10. The van der Waals surface area contributed by atoms with Gasteiger partial charge >= 0.3 is 0 Å². The van der Waals surface area contributed by atoms with Gasteiger partial charge in [-0.15, -0.1) is 0 Å². The Hall–Kier alpha value is -4.67. The highest BCUT2D eigenvalue weighted by molar-refractivity contribution is 7.89. The standard InChI is InChI=1S/C33H33N3O6S/c1-24-17-18-29(41-2)31(19-24)43(39,40)35(21-26-13-7-4-8-14-26)23-32(37)36-22-30(42-28-16-10-9-15-27(28)36)33(38)34-20-25-11-5-3-6-12-25/h3-19,30H,20-23H2,1-2H3,(H,34,38). The Kier molecular flexibility index (Phi) is 9.08. The number of nitrogens with one attached hydrogen (secondary N) is 1. The number of benzene rings is 4. The van der Waals surface area contributed by atoms with E-state index in [9.17, 15) is 18.0 Å². The number of sulfonamides is 1. The molecular formula is C33H33N3O6S. The third kappa shape index (κ3) is 6.87. The second-order valence-electron chi connectivity index (χ2n) is 10.2. The Bertz CT molecular complexity index is 1700. The van der Waals surface area contributed by atoms with Gasteiger partial charge in [-0.05, 0) is 47.9 Å². The smallest absolute Gasteiger partial charge is 0.263 e. The van der Waals surface area contributed by atoms with E-state index in [1.165, 1.54) is 18.1 Å². The highest BCUT2D eigenvalue weighted by atomic mass is 32.2. The molecule has 1 atom stereocenters. The van der Waals surface area contributed by atoms with Crippen molar-refractivity contribution < 1.29 is 27.5 Å². The number of amides is 2. The Labute approximate surface area is 251 Å². The maximum atomic E-state index is 14.1. The van der Waals surface area contributed by atoms with Crippen LogP contribution in [-0.2, 0) is 32.7 Å². The first-order chi connectivity index (χ1) is 20.8. The molecule has 4 aromatic rings. The Balaban J connectivity index is 1.43. The van der Waals surface area contributed by atoms with Gasteiger partial charge in [-0.2, -0.15) is 4.31 Å². The molecule has 2 amide bonds. The number of ether oxygens (including phenoxy) is 2. The van der Waals surface area contributed by atoms with Gasteiger partial charge in [-0.1, -0.05) is 78.9 Å². The lowest BCUT2D eigenvalue weighted by molar-refractivity contribution is -0.128. The molecule has 1 aliphatic rings. The molecule has 0 bridgehead atoms. The predicted octanol–water partition coefficient (Wildman–Crippen LogP) is 4.31. The van der Waals surface area contributed by atoms with Crippen molar-refractivity contribution in [3.8, 4) is 11.5 Å². The Morgan fingerprint density at radius 2 is 1.58 bits per heavy atom. The van der Waals surface area contributed by atoms with Gasteiger partial charge in [0.15, 0.2) is 6.10 Å². The zero-order valence-electron chi connectivity index (χ0n) is 24.0. The number of para-hydroxylation sites is 2. The van der Waals surface area contributed by atoms with E-state index in [4.69, 9.17) is 9.47 Å². The second-order valence-corrected chi connectivity index (χ2v) is 12.1. The number of fused-ring (bicyclic) bond motifs is 1. The Morgan fingerprint density at radius 3 is 2.28 bits per heavy atom. The van der Waals surface area contributed by atoms with Crippen molar-refractivity contribution >= 4 is 27.5 Å². The average molecular weight is 600 g/mol. The molecule has 1 unspecified atom stereocenters. The molecule has 5 rings (SSSR count). The molecule has 0 radical (unpaired) electrons. The van der Waals surface area contributed by atoms with Crippen LogP contribution in [0.1, 0.15) is 16.7 Å². The number of nitrogens with zero attached hydrogens (tertiary/aromatic N) is 2. The van der Waals surface area contributed by atoms with E-state index in [0.717, 1.165) is 15.4 Å². The third-order valence-electron chi connectivity index (χ3n) is 7.13. The molecule has 0 fully saturated rings. The SMILES string of the molecule is COc1ccc(C)cc1S(=O)(=O)N(CC(=O)N1CC(C(=O)NCc2ccccc2)Oc2ccccc21)Cc1ccccc1. The third-order valence-corrected chi connectivity index (χ3v) is 8.94. The van der Waals surface area contributed by atoms with Crippen LogP contribution < -0.4 is 19.7 Å². The van der Waals surface area contributed by atoms with E-state index in [2.05, 4.69) is 5.32 Å². The van der Waals surface area contributed by atoms with Gasteiger partial charge in [-0.25, -0.2) is 8.42 Å². The topological polar surface area (TPSA) is 105 Å². The van der Waals surface area contributed by atoms with Crippen LogP contribution in [0.2, 0.25) is 0 Å². The minimum atomic E-state index is -4.19. The molecule has 1 heterocycles. The summed E-state index contributed by atoms with van der Waals surface area (Å²) in [6.07, 6.45) is -0.987. The quantitative estimate of drug-likeness (QED) is 0.291. The molecule has 0 aliphatic carbocycles. The van der Waals surface area contributed by atoms with Crippen molar-refractivity contribution in [3.05, 3.63) is 120 Å². The van der Waals surface area contributed by atoms with Crippen LogP contribution >= 0.6 is 0 Å². The van der Waals surface area contributed by atoms with Crippen molar-refractivity contribution in [2.75, 3.05) is 25.1 Å². The fourth-order valence-electron chi connectivity index (χ4n) is 4.88. The maximum absolute atomic E-state index is 14.1. The lowest BCUT2D eigenvalue weighted by Gasteiger charge is -2.35. The monoisotopic (exact) mass is 599 g/mol. The number of hydrogen-bond donors (Lipinski definition) is 1. The van der Waals surface area contributed by atoms with Crippen LogP contribution in [0, 0.1) is 6.92 Å². The zero-order chi connectivity index (χ0) is 30.4. The first-order valence-corrected chi connectivity index (χ1v) is 15.3. The van der Waals surface area contributed by atoms with Gasteiger partial charge in [0, 0.05) is 13.1 Å². The summed E-state index contributed by atoms with van der Waals surface area (Å²) in [7, 11) is -2.79. The molecule has 222 valence electrons. The van der Waals surface area contributed by atoms with Crippen LogP contribution in [0.15, 0.2) is 108 Å². The maximum Gasteiger partial charge on any atom is 0.263 e. The van der Waals surface area contributed by atoms with Gasteiger partial charge < -0.3 is 19.7 Å². The fourth-order valence-corrected chi connectivity index (χ4v) is 6.50. The molecule has 0 saturated carbocycles. The first-order valence-electron chi connectivity index (χ1n) is 13.8. The molecule has 4 aromatic carbocycles. The van der Waals surface area contributed by atoms with Gasteiger partial charge in [0.05, 0.1) is 25.9 Å². The molecular weight excluding hydrogens is 566 g/mol. The van der Waals surface area contributed by atoms with Crippen LogP contribution in [0.3, 0.4) is 0 Å². The van der Waals surface area contributed by atoms with E-state index in [1.807, 2.05) is 48.5 Å². The molecule has 9 nitrogen and oxygen atoms in total. The molecule has 1 aliphatic heterocycles. The van der Waals surface area contributed by atoms with E-state index < -0.39 is 28.6 Å². The summed E-state index contributed by atoms with van der Waals surface area (Å²) in [5, 5.41) is 2.87. The average Bonchev–Trinajstić information content (AvgIpc) is 3.03. The highest BCUT2D eigenvalue weighted by Crippen LogP contribution is 2.34. The molecule has 0 spiro atoms. The molecule has 43 heavy (non-hydrogen) atoms. The lowest BCUT2D eigenvalue weighted by Crippen LogP contribution is -2.52. The molecule has 0 aromatic heterocycles. The van der Waals surface area contributed by atoms with Crippen molar-refractivity contribution in [2.45, 2.75) is 31.0 Å². The summed E-state index contributed by atoms with van der Waals surface area (Å²) in [6.45, 7) is 1.50. The summed E-state index contributed by atoms with van der Waals surface area (Å²) in [4.78, 5) is 28.6. The Morgan fingerprint density at radius 1 is 0.930 bits per heavy atom. The first kappa shape index (κ1) is 29.8. The number of carbonyl (C=O) groups excluding carboxylic acids is 2. The van der Waals surface area contributed by atoms with Crippen LogP contribution in [0.4, 0.5) is 5.69 Å². The minimum absolute atomic E-state index is 0.0284. The number of anilines is 1. The van der Waals surface area contributed by atoms with Crippen LogP contribution in [0.25, 0.3) is 0 Å². The lowest BCUT2D eigenvalue weighted by atomic mass is 10.1. The van der Waals surface area contributed by atoms with E-state index in [0.29, 0.717) is 23.5 Å². The molecule has 1 N–H and O–H groups in total. The van der Waals surface area contributed by atoms with E-state index >= 15 is 0 Å². The predicted molar refractivity (Wildman–Crippen MR) is 163 cm³/mol. The highest BCUT2D eigenvalue weighted by Gasteiger charge is 2.37. The largest absolute Gasteiger partial charge is 0.495 e.